The Morgan fingerprint density at radius 3 is 1.71 bits per heavy atom. The van der Waals surface area contributed by atoms with Crippen LogP contribution < -0.4 is 0 Å². The van der Waals surface area contributed by atoms with E-state index in [2.05, 4.69) is 9.97 Å². The predicted molar refractivity (Wildman–Crippen MR) is 113 cm³/mol. The second-order valence-corrected chi connectivity index (χ2v) is 10.5. The number of nitriles is 1. The lowest BCUT2D eigenvalue weighted by atomic mass is 10.2. The molecule has 0 aliphatic carbocycles. The molecule has 0 amide bonds. The SMILES string of the molecule is N#CC(c1nc2ccccc2nc1S(=O)(=O)c1ccccc1)S(=O)(=O)c1ccccc1. The number of benzene rings is 3. The summed E-state index contributed by atoms with van der Waals surface area (Å²) in [6.07, 6.45) is 0. The zero-order valence-corrected chi connectivity index (χ0v) is 17.6. The second kappa shape index (κ2) is 7.91. The maximum absolute atomic E-state index is 13.4. The van der Waals surface area contributed by atoms with Crippen molar-refractivity contribution in [2.24, 2.45) is 0 Å². The van der Waals surface area contributed by atoms with Gasteiger partial charge in [0.2, 0.25) is 19.7 Å². The number of hydrogen-bond acceptors (Lipinski definition) is 7. The summed E-state index contributed by atoms with van der Waals surface area (Å²) in [5.74, 6) is 0. The Morgan fingerprint density at radius 2 is 1.16 bits per heavy atom. The first-order valence-electron chi connectivity index (χ1n) is 9.11. The largest absolute Gasteiger partial charge is 0.246 e. The Morgan fingerprint density at radius 1 is 0.677 bits per heavy atom. The molecule has 0 saturated heterocycles. The van der Waals surface area contributed by atoms with Gasteiger partial charge in [-0.05, 0) is 36.4 Å². The van der Waals surface area contributed by atoms with Crippen LogP contribution in [0.3, 0.4) is 0 Å². The Kier molecular flexibility index (Phi) is 5.27. The molecule has 1 unspecified atom stereocenters. The zero-order valence-electron chi connectivity index (χ0n) is 16.0. The maximum Gasteiger partial charge on any atom is 0.225 e. The molecule has 1 aromatic heterocycles. The van der Waals surface area contributed by atoms with E-state index in [1.165, 1.54) is 36.4 Å². The van der Waals surface area contributed by atoms with Crippen molar-refractivity contribution >= 4 is 30.7 Å². The van der Waals surface area contributed by atoms with Crippen LogP contribution in [0.25, 0.3) is 11.0 Å². The van der Waals surface area contributed by atoms with E-state index in [1.54, 1.807) is 54.6 Å². The summed E-state index contributed by atoms with van der Waals surface area (Å²) in [4.78, 5) is 8.33. The minimum absolute atomic E-state index is 0.0744. The number of hydrogen-bond donors (Lipinski definition) is 0. The molecular weight excluding hydrogens is 434 g/mol. The zero-order chi connectivity index (χ0) is 22.1. The fourth-order valence-corrected chi connectivity index (χ4v) is 5.98. The van der Waals surface area contributed by atoms with Crippen LogP contribution in [0.5, 0.6) is 0 Å². The average Bonchev–Trinajstić information content (AvgIpc) is 2.80. The van der Waals surface area contributed by atoms with Gasteiger partial charge in [0.1, 0.15) is 5.69 Å². The Balaban J connectivity index is 2.03. The molecule has 9 heteroatoms. The van der Waals surface area contributed by atoms with Gasteiger partial charge in [-0.2, -0.15) is 5.26 Å². The fraction of sp³-hybridized carbons (Fsp3) is 0.0455. The van der Waals surface area contributed by atoms with E-state index in [1.807, 2.05) is 0 Å². The van der Waals surface area contributed by atoms with E-state index in [4.69, 9.17) is 0 Å². The molecular formula is C22H15N3O4S2. The summed E-state index contributed by atoms with van der Waals surface area (Å²) in [6, 6.07) is 23.1. The minimum Gasteiger partial charge on any atom is -0.246 e. The molecule has 0 spiro atoms. The first-order valence-corrected chi connectivity index (χ1v) is 12.1. The van der Waals surface area contributed by atoms with Crippen LogP contribution >= 0.6 is 0 Å². The van der Waals surface area contributed by atoms with Crippen LogP contribution in [-0.4, -0.2) is 26.8 Å². The number of sulfone groups is 2. The van der Waals surface area contributed by atoms with Gasteiger partial charge in [0.05, 0.1) is 26.9 Å². The summed E-state index contributed by atoms with van der Waals surface area (Å²) < 4.78 is 53.2. The summed E-state index contributed by atoms with van der Waals surface area (Å²) in [6.45, 7) is 0. The second-order valence-electron chi connectivity index (χ2n) is 6.59. The monoisotopic (exact) mass is 449 g/mol. The lowest BCUT2D eigenvalue weighted by Gasteiger charge is -2.15. The highest BCUT2D eigenvalue weighted by molar-refractivity contribution is 7.92. The van der Waals surface area contributed by atoms with Gasteiger partial charge in [0, 0.05) is 0 Å². The molecule has 4 rings (SSSR count). The first-order chi connectivity index (χ1) is 14.9. The normalized spacial score (nSPS) is 12.9. The molecule has 1 heterocycles. The third-order valence-electron chi connectivity index (χ3n) is 4.62. The average molecular weight is 450 g/mol. The molecule has 0 fully saturated rings. The summed E-state index contributed by atoms with van der Waals surface area (Å²) in [5.41, 5.74) is 0.136. The van der Waals surface area contributed by atoms with Crippen LogP contribution in [0.1, 0.15) is 10.9 Å². The van der Waals surface area contributed by atoms with Gasteiger partial charge in [0.15, 0.2) is 10.3 Å². The number of para-hydroxylation sites is 2. The van der Waals surface area contributed by atoms with E-state index in [0.29, 0.717) is 0 Å². The van der Waals surface area contributed by atoms with Crippen molar-refractivity contribution in [2.75, 3.05) is 0 Å². The molecule has 3 aromatic carbocycles. The molecule has 1 atom stereocenters. The molecule has 0 bridgehead atoms. The topological polar surface area (TPSA) is 118 Å². The van der Waals surface area contributed by atoms with E-state index < -0.39 is 35.6 Å². The molecule has 4 aromatic rings. The Bertz CT molecular complexity index is 1510. The number of fused-ring (bicyclic) bond motifs is 1. The quantitative estimate of drug-likeness (QED) is 0.457. The van der Waals surface area contributed by atoms with Crippen LogP contribution in [-0.2, 0) is 19.7 Å². The molecule has 0 aliphatic rings. The van der Waals surface area contributed by atoms with E-state index in [0.717, 1.165) is 0 Å². The van der Waals surface area contributed by atoms with Crippen molar-refractivity contribution in [1.82, 2.24) is 9.97 Å². The standard InChI is InChI=1S/C22H15N3O4S2/c23-15-20(30(26,27)16-9-3-1-4-10-16)21-22(25-19-14-8-7-13-18(19)24-21)31(28,29)17-11-5-2-6-12-17/h1-14,20H. The highest BCUT2D eigenvalue weighted by Gasteiger charge is 2.37. The third kappa shape index (κ3) is 3.67. The Hall–Kier alpha value is -3.61. The minimum atomic E-state index is -4.27. The van der Waals surface area contributed by atoms with Crippen molar-refractivity contribution in [1.29, 1.82) is 5.26 Å². The van der Waals surface area contributed by atoms with Crippen molar-refractivity contribution in [3.63, 3.8) is 0 Å². The molecule has 154 valence electrons. The summed E-state index contributed by atoms with van der Waals surface area (Å²) >= 11 is 0. The highest BCUT2D eigenvalue weighted by Crippen LogP contribution is 2.33. The van der Waals surface area contributed by atoms with E-state index >= 15 is 0 Å². The van der Waals surface area contributed by atoms with Gasteiger partial charge >= 0.3 is 0 Å². The Labute approximate surface area is 179 Å². The molecule has 31 heavy (non-hydrogen) atoms. The summed E-state index contributed by atoms with van der Waals surface area (Å²) in [7, 11) is -8.51. The van der Waals surface area contributed by atoms with Gasteiger partial charge in [-0.15, -0.1) is 0 Å². The number of aromatic nitrogens is 2. The van der Waals surface area contributed by atoms with Crippen molar-refractivity contribution < 1.29 is 16.8 Å². The lowest BCUT2D eigenvalue weighted by molar-refractivity contribution is 0.584. The molecule has 0 radical (unpaired) electrons. The predicted octanol–water partition coefficient (Wildman–Crippen LogP) is 3.50. The molecule has 7 nitrogen and oxygen atoms in total. The van der Waals surface area contributed by atoms with Crippen LogP contribution in [0, 0.1) is 11.3 Å². The molecule has 0 N–H and O–H groups in total. The maximum atomic E-state index is 13.4. The van der Waals surface area contributed by atoms with Gasteiger partial charge in [0.25, 0.3) is 0 Å². The van der Waals surface area contributed by atoms with E-state index in [-0.39, 0.29) is 20.8 Å². The van der Waals surface area contributed by atoms with Gasteiger partial charge < -0.3 is 0 Å². The van der Waals surface area contributed by atoms with Gasteiger partial charge in [-0.3, -0.25) is 0 Å². The number of nitrogens with zero attached hydrogens (tertiary/aromatic N) is 3. The lowest BCUT2D eigenvalue weighted by Crippen LogP contribution is -2.19. The van der Waals surface area contributed by atoms with Gasteiger partial charge in [-0.25, -0.2) is 26.8 Å². The van der Waals surface area contributed by atoms with Crippen LogP contribution in [0.2, 0.25) is 0 Å². The summed E-state index contributed by atoms with van der Waals surface area (Å²) in [5, 5.41) is 7.40. The molecule has 0 saturated carbocycles. The van der Waals surface area contributed by atoms with Crippen molar-refractivity contribution in [3.8, 4) is 6.07 Å². The van der Waals surface area contributed by atoms with Gasteiger partial charge in [-0.1, -0.05) is 48.5 Å². The first kappa shape index (κ1) is 20.7. The van der Waals surface area contributed by atoms with Crippen molar-refractivity contribution in [2.45, 2.75) is 20.1 Å². The van der Waals surface area contributed by atoms with Crippen molar-refractivity contribution in [3.05, 3.63) is 90.6 Å². The third-order valence-corrected chi connectivity index (χ3v) is 8.20. The highest BCUT2D eigenvalue weighted by atomic mass is 32.2. The molecule has 0 aliphatic heterocycles. The smallest absolute Gasteiger partial charge is 0.225 e. The van der Waals surface area contributed by atoms with Crippen LogP contribution in [0.15, 0.2) is 99.7 Å². The van der Waals surface area contributed by atoms with E-state index in [9.17, 15) is 22.1 Å². The van der Waals surface area contributed by atoms with Crippen LogP contribution in [0.4, 0.5) is 0 Å². The fourth-order valence-electron chi connectivity index (χ4n) is 3.10. The number of rotatable bonds is 5.